The van der Waals surface area contributed by atoms with Crippen LogP contribution >= 0.6 is 0 Å². The highest BCUT2D eigenvalue weighted by molar-refractivity contribution is 5.58. The highest BCUT2D eigenvalue weighted by Crippen LogP contribution is 2.34. The van der Waals surface area contributed by atoms with Crippen LogP contribution in [0.3, 0.4) is 0 Å². The van der Waals surface area contributed by atoms with Gasteiger partial charge in [-0.2, -0.15) is 23.3 Å². The second-order valence-electron chi connectivity index (χ2n) is 6.12. The van der Waals surface area contributed by atoms with E-state index in [1.54, 1.807) is 6.20 Å². The van der Waals surface area contributed by atoms with Crippen molar-refractivity contribution < 1.29 is 13.2 Å². The summed E-state index contributed by atoms with van der Waals surface area (Å²) >= 11 is 0. The summed E-state index contributed by atoms with van der Waals surface area (Å²) in [4.78, 5) is 9.93. The molecule has 1 fully saturated rings. The van der Waals surface area contributed by atoms with Crippen LogP contribution in [0.4, 0.5) is 30.6 Å². The molecule has 0 aliphatic carbocycles. The number of hydrogen-bond acceptors (Lipinski definition) is 6. The molecule has 2 aromatic heterocycles. The molecule has 1 saturated heterocycles. The first-order chi connectivity index (χ1) is 11.8. The van der Waals surface area contributed by atoms with Crippen LogP contribution in [0.1, 0.15) is 23.7 Å². The van der Waals surface area contributed by atoms with Crippen molar-refractivity contribution in [2.75, 3.05) is 37.8 Å². The Bertz CT molecular complexity index is 756. The summed E-state index contributed by atoms with van der Waals surface area (Å²) in [7, 11) is 3.45. The quantitative estimate of drug-likeness (QED) is 0.879. The molecule has 3 rings (SSSR count). The molecule has 1 aliphatic heterocycles. The van der Waals surface area contributed by atoms with Gasteiger partial charge in [-0.15, -0.1) is 0 Å². The maximum absolute atomic E-state index is 12.9. The van der Waals surface area contributed by atoms with Crippen LogP contribution in [-0.2, 0) is 6.18 Å². The molecule has 0 radical (unpaired) electrons. The van der Waals surface area contributed by atoms with Gasteiger partial charge >= 0.3 is 6.18 Å². The fourth-order valence-corrected chi connectivity index (χ4v) is 2.99. The van der Waals surface area contributed by atoms with E-state index in [4.69, 9.17) is 0 Å². The van der Waals surface area contributed by atoms with Crippen LogP contribution < -0.4 is 10.6 Å². The summed E-state index contributed by atoms with van der Waals surface area (Å²) in [5.41, 5.74) is 0.674. The van der Waals surface area contributed by atoms with Gasteiger partial charge in [0, 0.05) is 19.8 Å². The molecule has 0 spiro atoms. The molecule has 25 heavy (non-hydrogen) atoms. The summed E-state index contributed by atoms with van der Waals surface area (Å²) in [6.07, 6.45) is -1.08. The number of nitrogens with zero attached hydrogens (tertiary/aromatic N) is 5. The van der Waals surface area contributed by atoms with Gasteiger partial charge in [0.05, 0.1) is 23.6 Å². The molecule has 2 aromatic rings. The lowest BCUT2D eigenvalue weighted by molar-refractivity contribution is -0.137. The molecule has 0 amide bonds. The minimum absolute atomic E-state index is 0.0866. The molecule has 2 N–H and O–H groups in total. The van der Waals surface area contributed by atoms with Crippen molar-refractivity contribution in [1.82, 2.24) is 24.6 Å². The Morgan fingerprint density at radius 2 is 2.04 bits per heavy atom. The van der Waals surface area contributed by atoms with Crippen LogP contribution in [-0.4, -0.2) is 51.8 Å². The van der Waals surface area contributed by atoms with Crippen molar-refractivity contribution >= 4 is 17.5 Å². The van der Waals surface area contributed by atoms with Crippen LogP contribution in [0.15, 0.2) is 12.4 Å². The van der Waals surface area contributed by atoms with E-state index in [2.05, 4.69) is 37.6 Å². The first-order valence-corrected chi connectivity index (χ1v) is 7.91. The zero-order valence-electron chi connectivity index (χ0n) is 14.2. The second-order valence-corrected chi connectivity index (χ2v) is 6.12. The van der Waals surface area contributed by atoms with Crippen LogP contribution in [0.5, 0.6) is 0 Å². The largest absolute Gasteiger partial charge is 0.421 e. The third-order valence-electron chi connectivity index (χ3n) is 4.33. The van der Waals surface area contributed by atoms with E-state index in [0.29, 0.717) is 11.7 Å². The van der Waals surface area contributed by atoms with Gasteiger partial charge < -0.3 is 15.5 Å². The van der Waals surface area contributed by atoms with Crippen LogP contribution in [0.2, 0.25) is 0 Å². The smallest absolute Gasteiger partial charge is 0.372 e. The summed E-state index contributed by atoms with van der Waals surface area (Å²) < 4.78 is 40.7. The number of anilines is 3. The van der Waals surface area contributed by atoms with Gasteiger partial charge in [0.25, 0.3) is 0 Å². The summed E-state index contributed by atoms with van der Waals surface area (Å²) in [6.45, 7) is 3.85. The first kappa shape index (κ1) is 17.5. The third kappa shape index (κ3) is 3.53. The Labute approximate surface area is 143 Å². The molecule has 0 bridgehead atoms. The number of aromatic nitrogens is 4. The predicted octanol–water partition coefficient (Wildman–Crippen LogP) is 2.66. The zero-order chi connectivity index (χ0) is 18.2. The highest BCUT2D eigenvalue weighted by Gasteiger charge is 2.35. The standard InChI is InChI=1S/C15H20F3N7/c1-9-12(7-21-25(9)10-4-5-24(3)8-10)22-14-20-6-11(15(16,17)18)13(19-2)23-14/h6-7,10H,4-5,8H2,1-3H3,(H2,19,20,22,23)/t10-/m1/s1. The van der Waals surface area contributed by atoms with Crippen molar-refractivity contribution in [1.29, 1.82) is 0 Å². The van der Waals surface area contributed by atoms with Crippen LogP contribution in [0.25, 0.3) is 0 Å². The SMILES string of the molecule is CNc1nc(Nc2cnn([C@@H]3CCN(C)C3)c2C)ncc1C(F)(F)F. The molecule has 0 unspecified atom stereocenters. The normalized spacial score (nSPS) is 18.6. The van der Waals surface area contributed by atoms with E-state index >= 15 is 0 Å². The summed E-state index contributed by atoms with van der Waals surface area (Å²) in [5, 5.41) is 9.82. The molecule has 10 heteroatoms. The average Bonchev–Trinajstić information content (AvgIpc) is 3.13. The van der Waals surface area contributed by atoms with E-state index in [-0.39, 0.29) is 11.8 Å². The molecule has 1 aliphatic rings. The lowest BCUT2D eigenvalue weighted by atomic mass is 10.2. The van der Waals surface area contributed by atoms with Gasteiger partial charge in [-0.25, -0.2) is 4.98 Å². The van der Waals surface area contributed by atoms with Crippen molar-refractivity contribution in [2.24, 2.45) is 0 Å². The Balaban J connectivity index is 1.82. The maximum Gasteiger partial charge on any atom is 0.421 e. The molecule has 136 valence electrons. The third-order valence-corrected chi connectivity index (χ3v) is 4.33. The second kappa shape index (κ2) is 6.51. The average molecular weight is 355 g/mol. The zero-order valence-corrected chi connectivity index (χ0v) is 14.2. The summed E-state index contributed by atoms with van der Waals surface area (Å²) in [6, 6.07) is 0.293. The van der Waals surface area contributed by atoms with Crippen molar-refractivity contribution in [3.63, 3.8) is 0 Å². The molecule has 0 saturated carbocycles. The maximum atomic E-state index is 12.9. The Hall–Kier alpha value is -2.36. The van der Waals surface area contributed by atoms with E-state index < -0.39 is 11.7 Å². The minimum Gasteiger partial charge on any atom is -0.372 e. The molecular weight excluding hydrogens is 335 g/mol. The molecule has 7 nitrogen and oxygen atoms in total. The Kier molecular flexibility index (Phi) is 4.55. The van der Waals surface area contributed by atoms with E-state index in [1.807, 2.05) is 11.6 Å². The monoisotopic (exact) mass is 355 g/mol. The van der Waals surface area contributed by atoms with E-state index in [9.17, 15) is 13.2 Å². The van der Waals surface area contributed by atoms with Gasteiger partial charge in [-0.1, -0.05) is 0 Å². The van der Waals surface area contributed by atoms with Gasteiger partial charge in [0.1, 0.15) is 11.4 Å². The fraction of sp³-hybridized carbons (Fsp3) is 0.533. The van der Waals surface area contributed by atoms with Gasteiger partial charge in [-0.05, 0) is 26.9 Å². The predicted molar refractivity (Wildman–Crippen MR) is 88.0 cm³/mol. The number of nitrogens with one attached hydrogen (secondary N) is 2. The van der Waals surface area contributed by atoms with E-state index in [1.165, 1.54) is 7.05 Å². The number of rotatable bonds is 4. The fourth-order valence-electron chi connectivity index (χ4n) is 2.99. The summed E-state index contributed by atoms with van der Waals surface area (Å²) in [5.74, 6) is -0.184. The highest BCUT2D eigenvalue weighted by atomic mass is 19.4. The molecule has 1 atom stereocenters. The van der Waals surface area contributed by atoms with Gasteiger partial charge in [0.2, 0.25) is 5.95 Å². The lowest BCUT2D eigenvalue weighted by Crippen LogP contribution is -2.18. The lowest BCUT2D eigenvalue weighted by Gasteiger charge is -2.14. The van der Waals surface area contributed by atoms with Gasteiger partial charge in [-0.3, -0.25) is 4.68 Å². The molecular formula is C15H20F3N7. The molecule has 0 aromatic carbocycles. The molecule has 3 heterocycles. The number of halogens is 3. The van der Waals surface area contributed by atoms with E-state index in [0.717, 1.165) is 31.4 Å². The van der Waals surface area contributed by atoms with Gasteiger partial charge in [0.15, 0.2) is 0 Å². The Morgan fingerprint density at radius 1 is 1.28 bits per heavy atom. The minimum atomic E-state index is -4.51. The number of likely N-dealkylation sites (N-methyl/N-ethyl adjacent to an activating group) is 1. The number of hydrogen-bond donors (Lipinski definition) is 2. The van der Waals surface area contributed by atoms with Crippen molar-refractivity contribution in [3.8, 4) is 0 Å². The van der Waals surface area contributed by atoms with Crippen LogP contribution in [0, 0.1) is 6.92 Å². The van der Waals surface area contributed by atoms with Crippen molar-refractivity contribution in [2.45, 2.75) is 25.6 Å². The topological polar surface area (TPSA) is 70.9 Å². The number of likely N-dealkylation sites (tertiary alicyclic amines) is 1. The number of alkyl halides is 3. The Morgan fingerprint density at radius 3 is 2.64 bits per heavy atom. The first-order valence-electron chi connectivity index (χ1n) is 7.91. The van der Waals surface area contributed by atoms with Crippen molar-refractivity contribution in [3.05, 3.63) is 23.7 Å².